The average Bonchev–Trinajstić information content (AvgIpc) is 3.08. The molecule has 0 fully saturated rings. The van der Waals surface area contributed by atoms with E-state index in [1.165, 1.54) is 29.5 Å². The molecule has 0 saturated heterocycles. The van der Waals surface area contributed by atoms with Gasteiger partial charge in [0.1, 0.15) is 11.5 Å². The van der Waals surface area contributed by atoms with Gasteiger partial charge in [0.15, 0.2) is 5.17 Å². The maximum atomic E-state index is 13.5. The summed E-state index contributed by atoms with van der Waals surface area (Å²) in [6, 6.07) is 24.1. The summed E-state index contributed by atoms with van der Waals surface area (Å²) in [5, 5.41) is 0.587. The molecule has 0 N–H and O–H groups in total. The van der Waals surface area contributed by atoms with Gasteiger partial charge in [-0.3, -0.25) is 9.69 Å². The zero-order chi connectivity index (χ0) is 22.7. The van der Waals surface area contributed by atoms with Crippen molar-refractivity contribution in [2.24, 2.45) is 4.99 Å². The van der Waals surface area contributed by atoms with Gasteiger partial charge in [-0.2, -0.15) is 0 Å². The number of aliphatic imine (C=N–C) groups is 1. The molecule has 0 spiro atoms. The first kappa shape index (κ1) is 22.0. The van der Waals surface area contributed by atoms with Crippen LogP contribution in [0.15, 0.2) is 89.6 Å². The molecule has 1 aliphatic rings. The number of rotatable bonds is 4. The topological polar surface area (TPSA) is 32.7 Å². The number of amides is 1. The van der Waals surface area contributed by atoms with Gasteiger partial charge in [-0.05, 0) is 52.4 Å². The number of carbonyl (C=O) groups excluding carboxylic acids is 1. The summed E-state index contributed by atoms with van der Waals surface area (Å²) >= 11 is 1.50. The maximum absolute atomic E-state index is 13.5. The molecule has 1 amide bonds. The van der Waals surface area contributed by atoms with Crippen molar-refractivity contribution in [3.05, 3.63) is 107 Å². The van der Waals surface area contributed by atoms with Crippen molar-refractivity contribution in [1.29, 1.82) is 0 Å². The minimum Gasteiger partial charge on any atom is -0.266 e. The van der Waals surface area contributed by atoms with Crippen LogP contribution < -0.4 is 4.90 Å². The molecule has 5 heteroatoms. The number of benzene rings is 3. The average molecular weight is 445 g/mol. The highest BCUT2D eigenvalue weighted by Crippen LogP contribution is 2.31. The van der Waals surface area contributed by atoms with Crippen molar-refractivity contribution < 1.29 is 9.18 Å². The van der Waals surface area contributed by atoms with Gasteiger partial charge >= 0.3 is 0 Å². The maximum Gasteiger partial charge on any atom is 0.283 e. The SMILES string of the molecule is CC(C)(C)c1ccc(CSC2=NC(=Cc3ccccc3)C(=O)N2c2ccc(F)cc2)cc1. The van der Waals surface area contributed by atoms with Crippen LogP contribution in [0, 0.1) is 5.82 Å². The molecule has 0 aliphatic carbocycles. The minimum absolute atomic E-state index is 0.101. The van der Waals surface area contributed by atoms with E-state index >= 15 is 0 Å². The van der Waals surface area contributed by atoms with Gasteiger partial charge in [0.25, 0.3) is 5.91 Å². The van der Waals surface area contributed by atoms with Crippen LogP contribution in [0.5, 0.6) is 0 Å². The number of amidine groups is 1. The number of hydrogen-bond donors (Lipinski definition) is 0. The zero-order valence-electron chi connectivity index (χ0n) is 18.4. The van der Waals surface area contributed by atoms with E-state index in [1.807, 2.05) is 30.3 Å². The van der Waals surface area contributed by atoms with Crippen molar-refractivity contribution in [1.82, 2.24) is 0 Å². The van der Waals surface area contributed by atoms with Crippen LogP contribution in [0.4, 0.5) is 10.1 Å². The summed E-state index contributed by atoms with van der Waals surface area (Å²) < 4.78 is 13.5. The fourth-order valence-electron chi connectivity index (χ4n) is 3.37. The molecule has 0 radical (unpaired) electrons. The molecule has 3 aromatic rings. The molecular weight excluding hydrogens is 419 g/mol. The van der Waals surface area contributed by atoms with Crippen LogP contribution in [0.25, 0.3) is 6.08 Å². The van der Waals surface area contributed by atoms with Crippen molar-refractivity contribution in [2.75, 3.05) is 4.90 Å². The normalized spacial score (nSPS) is 15.4. The summed E-state index contributed by atoms with van der Waals surface area (Å²) in [6.45, 7) is 6.57. The van der Waals surface area contributed by atoms with E-state index in [0.717, 1.165) is 11.1 Å². The Kier molecular flexibility index (Phi) is 6.28. The third kappa shape index (κ3) is 5.00. The van der Waals surface area contributed by atoms with E-state index in [4.69, 9.17) is 0 Å². The second kappa shape index (κ2) is 9.13. The van der Waals surface area contributed by atoms with Crippen LogP contribution in [0.3, 0.4) is 0 Å². The summed E-state index contributed by atoms with van der Waals surface area (Å²) in [6.07, 6.45) is 1.78. The first-order valence-electron chi connectivity index (χ1n) is 10.5. The number of thioether (sulfide) groups is 1. The van der Waals surface area contributed by atoms with Crippen LogP contribution in [0.2, 0.25) is 0 Å². The minimum atomic E-state index is -0.342. The van der Waals surface area contributed by atoms with Crippen LogP contribution >= 0.6 is 11.8 Å². The van der Waals surface area contributed by atoms with Crippen LogP contribution in [0.1, 0.15) is 37.5 Å². The molecular formula is C27H25FN2OS. The van der Waals surface area contributed by atoms with E-state index in [0.29, 0.717) is 22.3 Å². The van der Waals surface area contributed by atoms with Gasteiger partial charge in [-0.1, -0.05) is 87.1 Å². The Morgan fingerprint density at radius 3 is 2.22 bits per heavy atom. The fraction of sp³-hybridized carbons (Fsp3) is 0.185. The van der Waals surface area contributed by atoms with Crippen LogP contribution in [-0.4, -0.2) is 11.1 Å². The molecule has 1 heterocycles. The second-order valence-electron chi connectivity index (χ2n) is 8.69. The first-order chi connectivity index (χ1) is 15.3. The molecule has 3 aromatic carbocycles. The summed E-state index contributed by atoms with van der Waals surface area (Å²) in [7, 11) is 0. The predicted molar refractivity (Wildman–Crippen MR) is 132 cm³/mol. The van der Waals surface area contributed by atoms with Gasteiger partial charge in [-0.25, -0.2) is 9.38 Å². The fourth-order valence-corrected chi connectivity index (χ4v) is 4.34. The van der Waals surface area contributed by atoms with Gasteiger partial charge in [0, 0.05) is 5.75 Å². The monoisotopic (exact) mass is 444 g/mol. The van der Waals surface area contributed by atoms with E-state index in [1.54, 1.807) is 23.1 Å². The molecule has 0 atom stereocenters. The largest absolute Gasteiger partial charge is 0.283 e. The van der Waals surface area contributed by atoms with Crippen molar-refractivity contribution in [3.8, 4) is 0 Å². The smallest absolute Gasteiger partial charge is 0.266 e. The Bertz CT molecular complexity index is 1160. The van der Waals surface area contributed by atoms with Gasteiger partial charge in [0.2, 0.25) is 0 Å². The molecule has 0 aromatic heterocycles. The molecule has 32 heavy (non-hydrogen) atoms. The highest BCUT2D eigenvalue weighted by Gasteiger charge is 2.32. The molecule has 0 unspecified atom stereocenters. The lowest BCUT2D eigenvalue weighted by atomic mass is 9.87. The highest BCUT2D eigenvalue weighted by molar-refractivity contribution is 8.13. The quantitative estimate of drug-likeness (QED) is 0.415. The van der Waals surface area contributed by atoms with Crippen molar-refractivity contribution in [3.63, 3.8) is 0 Å². The number of anilines is 1. The lowest BCUT2D eigenvalue weighted by Gasteiger charge is -2.19. The van der Waals surface area contributed by atoms with Gasteiger partial charge < -0.3 is 0 Å². The standard InChI is InChI=1S/C27H25FN2OS/c1-27(2,3)21-11-9-20(10-12-21)18-32-26-29-24(17-19-7-5-4-6-8-19)25(31)30(26)23-15-13-22(28)14-16-23/h4-17H,18H2,1-3H3. The number of hydrogen-bond acceptors (Lipinski definition) is 3. The lowest BCUT2D eigenvalue weighted by Crippen LogP contribution is -2.30. The molecule has 162 valence electrons. The Labute approximate surface area is 192 Å². The van der Waals surface area contributed by atoms with Crippen molar-refractivity contribution >= 4 is 34.6 Å². The molecule has 3 nitrogen and oxygen atoms in total. The highest BCUT2D eigenvalue weighted by atomic mass is 32.2. The van der Waals surface area contributed by atoms with Gasteiger partial charge in [0.05, 0.1) is 5.69 Å². The first-order valence-corrected chi connectivity index (χ1v) is 11.5. The Morgan fingerprint density at radius 1 is 0.938 bits per heavy atom. The molecule has 4 rings (SSSR count). The summed E-state index contributed by atoms with van der Waals surface area (Å²) in [5.41, 5.74) is 4.40. The van der Waals surface area contributed by atoms with Crippen LogP contribution in [-0.2, 0) is 16.0 Å². The summed E-state index contributed by atoms with van der Waals surface area (Å²) in [5.74, 6) is 0.115. The second-order valence-corrected chi connectivity index (χ2v) is 9.63. The molecule has 0 bridgehead atoms. The van der Waals surface area contributed by atoms with E-state index in [-0.39, 0.29) is 17.1 Å². The number of halogens is 1. The zero-order valence-corrected chi connectivity index (χ0v) is 19.2. The molecule has 0 saturated carbocycles. The third-order valence-corrected chi connectivity index (χ3v) is 6.22. The van der Waals surface area contributed by atoms with E-state index < -0.39 is 0 Å². The number of nitrogens with zero attached hydrogens (tertiary/aromatic N) is 2. The Hall–Kier alpha value is -3.18. The summed E-state index contributed by atoms with van der Waals surface area (Å²) in [4.78, 5) is 19.4. The third-order valence-electron chi connectivity index (χ3n) is 5.21. The van der Waals surface area contributed by atoms with E-state index in [2.05, 4.69) is 50.0 Å². The number of carbonyl (C=O) groups is 1. The van der Waals surface area contributed by atoms with Crippen molar-refractivity contribution in [2.45, 2.75) is 31.9 Å². The predicted octanol–water partition coefficient (Wildman–Crippen LogP) is 6.80. The lowest BCUT2D eigenvalue weighted by molar-refractivity contribution is -0.113. The van der Waals surface area contributed by atoms with Gasteiger partial charge in [-0.15, -0.1) is 0 Å². The van der Waals surface area contributed by atoms with E-state index in [9.17, 15) is 9.18 Å². The Balaban J connectivity index is 1.61. The Morgan fingerprint density at radius 2 is 1.59 bits per heavy atom. The molecule has 1 aliphatic heterocycles.